The Balaban J connectivity index is 1.61. The lowest BCUT2D eigenvalue weighted by atomic mass is 9.95. The van der Waals surface area contributed by atoms with Crippen LogP contribution < -0.4 is 11.3 Å². The van der Waals surface area contributed by atoms with E-state index in [0.717, 1.165) is 31.7 Å². The standard InChI is InChI=1S/C14H24N4O/c15-16-14(11-6-8-19-10-11)9-12-5-7-18(17-12)13-3-1-2-4-13/h5,7,11,13-14,16H,1-4,6,8-10,15H2. The zero-order chi connectivity index (χ0) is 13.1. The summed E-state index contributed by atoms with van der Waals surface area (Å²) < 4.78 is 7.60. The van der Waals surface area contributed by atoms with Crippen molar-refractivity contribution in [3.05, 3.63) is 18.0 Å². The van der Waals surface area contributed by atoms with Gasteiger partial charge in [0.1, 0.15) is 0 Å². The Bertz CT molecular complexity index is 394. The molecule has 5 heteroatoms. The molecule has 0 bridgehead atoms. The Morgan fingerprint density at radius 2 is 2.26 bits per heavy atom. The van der Waals surface area contributed by atoms with Gasteiger partial charge in [-0.3, -0.25) is 16.0 Å². The van der Waals surface area contributed by atoms with Crippen LogP contribution >= 0.6 is 0 Å². The van der Waals surface area contributed by atoms with Crippen LogP contribution in [0.15, 0.2) is 12.3 Å². The van der Waals surface area contributed by atoms with E-state index < -0.39 is 0 Å². The highest BCUT2D eigenvalue weighted by atomic mass is 16.5. The average Bonchev–Trinajstić information content (AvgIpc) is 3.15. The molecular formula is C14H24N4O. The third-order valence-corrected chi connectivity index (χ3v) is 4.54. The second-order valence-electron chi connectivity index (χ2n) is 5.83. The van der Waals surface area contributed by atoms with E-state index in [1.54, 1.807) is 0 Å². The molecule has 0 spiro atoms. The molecule has 1 saturated carbocycles. The molecular weight excluding hydrogens is 240 g/mol. The van der Waals surface area contributed by atoms with Crippen molar-refractivity contribution in [2.24, 2.45) is 11.8 Å². The number of nitrogens with two attached hydrogens (primary N) is 1. The summed E-state index contributed by atoms with van der Waals surface area (Å²) in [5.41, 5.74) is 4.08. The van der Waals surface area contributed by atoms with E-state index >= 15 is 0 Å². The van der Waals surface area contributed by atoms with Gasteiger partial charge >= 0.3 is 0 Å². The molecule has 19 heavy (non-hydrogen) atoms. The first-order chi connectivity index (χ1) is 9.36. The first kappa shape index (κ1) is 13.1. The zero-order valence-corrected chi connectivity index (χ0v) is 11.4. The topological polar surface area (TPSA) is 65.1 Å². The van der Waals surface area contributed by atoms with E-state index in [-0.39, 0.29) is 6.04 Å². The molecule has 106 valence electrons. The molecule has 0 amide bonds. The van der Waals surface area contributed by atoms with Gasteiger partial charge in [-0.25, -0.2) is 0 Å². The van der Waals surface area contributed by atoms with Crippen molar-refractivity contribution in [3.8, 4) is 0 Å². The summed E-state index contributed by atoms with van der Waals surface area (Å²) in [5.74, 6) is 6.20. The van der Waals surface area contributed by atoms with Crippen molar-refractivity contribution in [2.45, 2.75) is 50.6 Å². The first-order valence-electron chi connectivity index (χ1n) is 7.44. The summed E-state index contributed by atoms with van der Waals surface area (Å²) >= 11 is 0. The van der Waals surface area contributed by atoms with Crippen molar-refractivity contribution in [1.82, 2.24) is 15.2 Å². The highest BCUT2D eigenvalue weighted by Crippen LogP contribution is 2.29. The lowest BCUT2D eigenvalue weighted by Crippen LogP contribution is -2.42. The molecule has 0 radical (unpaired) electrons. The second-order valence-corrected chi connectivity index (χ2v) is 5.83. The van der Waals surface area contributed by atoms with Crippen LogP contribution in [0.4, 0.5) is 0 Å². The van der Waals surface area contributed by atoms with E-state index in [9.17, 15) is 0 Å². The fraction of sp³-hybridized carbons (Fsp3) is 0.786. The molecule has 2 atom stereocenters. The quantitative estimate of drug-likeness (QED) is 0.623. The van der Waals surface area contributed by atoms with E-state index in [1.165, 1.54) is 25.7 Å². The number of nitrogens with one attached hydrogen (secondary N) is 1. The van der Waals surface area contributed by atoms with Crippen molar-refractivity contribution < 1.29 is 4.74 Å². The van der Waals surface area contributed by atoms with Crippen LogP contribution in [0.25, 0.3) is 0 Å². The van der Waals surface area contributed by atoms with Gasteiger partial charge < -0.3 is 4.74 Å². The first-order valence-corrected chi connectivity index (χ1v) is 7.44. The summed E-state index contributed by atoms with van der Waals surface area (Å²) in [4.78, 5) is 0. The van der Waals surface area contributed by atoms with Gasteiger partial charge in [-0.15, -0.1) is 0 Å². The van der Waals surface area contributed by atoms with E-state index in [0.29, 0.717) is 12.0 Å². The van der Waals surface area contributed by atoms with Gasteiger partial charge in [-0.2, -0.15) is 5.10 Å². The second kappa shape index (κ2) is 6.03. The molecule has 2 unspecified atom stereocenters. The predicted molar refractivity (Wildman–Crippen MR) is 73.5 cm³/mol. The SMILES string of the molecule is NNC(Cc1ccn(C2CCCC2)n1)C1CCOC1. The van der Waals surface area contributed by atoms with Crippen LogP contribution in [0, 0.1) is 5.92 Å². The van der Waals surface area contributed by atoms with Gasteiger partial charge in [-0.1, -0.05) is 12.8 Å². The van der Waals surface area contributed by atoms with Crippen LogP contribution in [-0.4, -0.2) is 29.0 Å². The molecule has 2 aliphatic rings. The molecule has 1 aliphatic carbocycles. The largest absolute Gasteiger partial charge is 0.381 e. The van der Waals surface area contributed by atoms with Crippen LogP contribution in [0.3, 0.4) is 0 Å². The molecule has 3 rings (SSSR count). The molecule has 1 aromatic rings. The molecule has 1 aromatic heterocycles. The summed E-state index contributed by atoms with van der Waals surface area (Å²) in [6.45, 7) is 1.68. The van der Waals surface area contributed by atoms with Crippen LogP contribution in [0.1, 0.15) is 43.8 Å². The smallest absolute Gasteiger partial charge is 0.0640 e. The van der Waals surface area contributed by atoms with Gasteiger partial charge in [0.25, 0.3) is 0 Å². The lowest BCUT2D eigenvalue weighted by Gasteiger charge is -2.20. The van der Waals surface area contributed by atoms with Gasteiger partial charge in [-0.05, 0) is 25.3 Å². The summed E-state index contributed by atoms with van der Waals surface area (Å²) in [6, 6.07) is 3.03. The molecule has 0 aromatic carbocycles. The summed E-state index contributed by atoms with van der Waals surface area (Å²) in [6.07, 6.45) is 9.34. The van der Waals surface area contributed by atoms with Gasteiger partial charge in [0, 0.05) is 31.2 Å². The van der Waals surface area contributed by atoms with Crippen LogP contribution in [-0.2, 0) is 11.2 Å². The molecule has 5 nitrogen and oxygen atoms in total. The minimum absolute atomic E-state index is 0.273. The molecule has 3 N–H and O–H groups in total. The predicted octanol–water partition coefficient (Wildman–Crippen LogP) is 1.41. The molecule has 1 saturated heterocycles. The third kappa shape index (κ3) is 2.99. The lowest BCUT2D eigenvalue weighted by molar-refractivity contribution is 0.176. The van der Waals surface area contributed by atoms with Crippen molar-refractivity contribution >= 4 is 0 Å². The Morgan fingerprint density at radius 3 is 2.95 bits per heavy atom. The molecule has 2 fully saturated rings. The number of rotatable bonds is 5. The number of hydrogen-bond donors (Lipinski definition) is 2. The molecule has 2 heterocycles. The monoisotopic (exact) mass is 264 g/mol. The number of ether oxygens (including phenoxy) is 1. The third-order valence-electron chi connectivity index (χ3n) is 4.54. The van der Waals surface area contributed by atoms with Crippen LogP contribution in [0.5, 0.6) is 0 Å². The van der Waals surface area contributed by atoms with E-state index in [2.05, 4.69) is 22.4 Å². The van der Waals surface area contributed by atoms with Crippen molar-refractivity contribution in [1.29, 1.82) is 0 Å². The van der Waals surface area contributed by atoms with Crippen molar-refractivity contribution in [2.75, 3.05) is 13.2 Å². The fourth-order valence-corrected chi connectivity index (χ4v) is 3.32. The maximum atomic E-state index is 5.69. The maximum Gasteiger partial charge on any atom is 0.0640 e. The normalized spacial score (nSPS) is 26.1. The van der Waals surface area contributed by atoms with Gasteiger partial charge in [0.05, 0.1) is 18.3 Å². The van der Waals surface area contributed by atoms with Gasteiger partial charge in [0.15, 0.2) is 0 Å². The Hall–Kier alpha value is -0.910. The number of nitrogens with zero attached hydrogens (tertiary/aromatic N) is 2. The fourth-order valence-electron chi connectivity index (χ4n) is 3.32. The highest BCUT2D eigenvalue weighted by Gasteiger charge is 2.26. The average molecular weight is 264 g/mol. The van der Waals surface area contributed by atoms with E-state index in [4.69, 9.17) is 15.7 Å². The summed E-state index contributed by atoms with van der Waals surface area (Å²) in [5, 5.41) is 4.73. The van der Waals surface area contributed by atoms with E-state index in [1.807, 2.05) is 0 Å². The van der Waals surface area contributed by atoms with Gasteiger partial charge in [0.2, 0.25) is 0 Å². The summed E-state index contributed by atoms with van der Waals surface area (Å²) in [7, 11) is 0. The number of aromatic nitrogens is 2. The highest BCUT2D eigenvalue weighted by molar-refractivity contribution is 5.03. The maximum absolute atomic E-state index is 5.69. The Kier molecular flexibility index (Phi) is 4.15. The molecule has 1 aliphatic heterocycles. The zero-order valence-electron chi connectivity index (χ0n) is 11.4. The number of hydrogen-bond acceptors (Lipinski definition) is 4. The minimum Gasteiger partial charge on any atom is -0.381 e. The van der Waals surface area contributed by atoms with Crippen LogP contribution in [0.2, 0.25) is 0 Å². The Labute approximate surface area is 114 Å². The van der Waals surface area contributed by atoms with Crippen molar-refractivity contribution in [3.63, 3.8) is 0 Å². The number of hydrazine groups is 1. The Morgan fingerprint density at radius 1 is 1.42 bits per heavy atom. The minimum atomic E-state index is 0.273.